The first-order valence-electron chi connectivity index (χ1n) is 8.97. The maximum absolute atomic E-state index is 12.8. The van der Waals surface area contributed by atoms with Crippen molar-refractivity contribution in [3.63, 3.8) is 0 Å². The molecule has 0 spiro atoms. The minimum atomic E-state index is -3.88. The lowest BCUT2D eigenvalue weighted by molar-refractivity contribution is 0.520. The van der Waals surface area contributed by atoms with Crippen molar-refractivity contribution in [3.05, 3.63) is 42.6 Å². The van der Waals surface area contributed by atoms with Crippen LogP contribution in [0.2, 0.25) is 0 Å². The topological polar surface area (TPSA) is 99.7 Å². The largest absolute Gasteiger partial charge is 0.355 e. The Bertz CT molecular complexity index is 1030. The Morgan fingerprint density at radius 3 is 2.14 bits per heavy atom. The van der Waals surface area contributed by atoms with Gasteiger partial charge in [0.25, 0.3) is 10.0 Å². The monoisotopic (exact) mass is 424 g/mol. The van der Waals surface area contributed by atoms with Gasteiger partial charge in [-0.3, -0.25) is 4.72 Å². The van der Waals surface area contributed by atoms with E-state index in [2.05, 4.69) is 14.6 Å². The Labute approximate surface area is 166 Å². The standard InChI is InChI=1S/C18H24N4O4S2/c1-21(2)28(25,26)16-10-8-15(9-11-16)27(23,24)20-17-7-6-12-19-18(17)22-13-4-3-5-14-22/h6-12,20H,3-5,13-14H2,1-2H3. The molecule has 28 heavy (non-hydrogen) atoms. The fourth-order valence-electron chi connectivity index (χ4n) is 3.04. The van der Waals surface area contributed by atoms with E-state index < -0.39 is 20.0 Å². The zero-order valence-corrected chi connectivity index (χ0v) is 17.5. The van der Waals surface area contributed by atoms with Crippen LogP contribution in [0.5, 0.6) is 0 Å². The molecule has 1 aliphatic rings. The van der Waals surface area contributed by atoms with Gasteiger partial charge in [0.15, 0.2) is 5.82 Å². The molecule has 1 N–H and O–H groups in total. The molecule has 0 aliphatic carbocycles. The first-order valence-corrected chi connectivity index (χ1v) is 11.9. The summed E-state index contributed by atoms with van der Waals surface area (Å²) in [5.74, 6) is 0.609. The molecular weight excluding hydrogens is 400 g/mol. The highest BCUT2D eigenvalue weighted by atomic mass is 32.2. The molecule has 2 aromatic rings. The summed E-state index contributed by atoms with van der Waals surface area (Å²) in [5.41, 5.74) is 0.411. The SMILES string of the molecule is CN(C)S(=O)(=O)c1ccc(S(=O)(=O)Nc2cccnc2N2CCCCC2)cc1. The predicted octanol–water partition coefficient (Wildman–Crippen LogP) is 2.12. The molecule has 0 amide bonds. The smallest absolute Gasteiger partial charge is 0.262 e. The van der Waals surface area contributed by atoms with Crippen LogP contribution in [0, 0.1) is 0 Å². The molecule has 0 radical (unpaired) electrons. The van der Waals surface area contributed by atoms with Gasteiger partial charge in [0.1, 0.15) is 0 Å². The Hall–Kier alpha value is -2.17. The molecule has 1 saturated heterocycles. The molecule has 152 valence electrons. The van der Waals surface area contributed by atoms with Crippen molar-refractivity contribution in [2.75, 3.05) is 36.8 Å². The average molecular weight is 425 g/mol. The Balaban J connectivity index is 1.87. The fourth-order valence-corrected chi connectivity index (χ4v) is 5.00. The van der Waals surface area contributed by atoms with E-state index in [9.17, 15) is 16.8 Å². The molecule has 0 saturated carbocycles. The van der Waals surface area contributed by atoms with Crippen molar-refractivity contribution < 1.29 is 16.8 Å². The van der Waals surface area contributed by atoms with Crippen molar-refractivity contribution in [2.24, 2.45) is 0 Å². The van der Waals surface area contributed by atoms with Gasteiger partial charge in [-0.25, -0.2) is 26.1 Å². The number of sulfonamides is 2. The van der Waals surface area contributed by atoms with Gasteiger partial charge in [0.05, 0.1) is 15.5 Å². The zero-order valence-electron chi connectivity index (χ0n) is 15.9. The average Bonchev–Trinajstić information content (AvgIpc) is 2.69. The van der Waals surface area contributed by atoms with Gasteiger partial charge < -0.3 is 4.90 Å². The van der Waals surface area contributed by atoms with Crippen molar-refractivity contribution in [2.45, 2.75) is 29.1 Å². The number of aromatic nitrogens is 1. The molecule has 0 unspecified atom stereocenters. The normalized spacial score (nSPS) is 15.6. The molecule has 1 aromatic heterocycles. The first kappa shape index (κ1) is 20.6. The van der Waals surface area contributed by atoms with Gasteiger partial charge in [-0.05, 0) is 55.7 Å². The molecule has 1 fully saturated rings. The number of nitrogens with zero attached hydrogens (tertiary/aromatic N) is 3. The summed E-state index contributed by atoms with van der Waals surface area (Å²) in [6.07, 6.45) is 4.89. The van der Waals surface area contributed by atoms with Crippen LogP contribution in [-0.2, 0) is 20.0 Å². The van der Waals surface area contributed by atoms with Crippen LogP contribution in [0.4, 0.5) is 11.5 Å². The highest BCUT2D eigenvalue weighted by molar-refractivity contribution is 7.92. The molecule has 1 aliphatic heterocycles. The van der Waals surface area contributed by atoms with Crippen LogP contribution in [0.25, 0.3) is 0 Å². The van der Waals surface area contributed by atoms with Gasteiger partial charge in [-0.1, -0.05) is 0 Å². The van der Waals surface area contributed by atoms with E-state index in [1.807, 2.05) is 0 Å². The van der Waals surface area contributed by atoms with E-state index >= 15 is 0 Å². The van der Waals surface area contributed by atoms with Crippen LogP contribution >= 0.6 is 0 Å². The highest BCUT2D eigenvalue weighted by Gasteiger charge is 2.22. The number of anilines is 2. The fraction of sp³-hybridized carbons (Fsp3) is 0.389. The van der Waals surface area contributed by atoms with E-state index in [1.54, 1.807) is 18.3 Å². The summed E-state index contributed by atoms with van der Waals surface area (Å²) in [7, 11) is -4.65. The Morgan fingerprint density at radius 1 is 0.929 bits per heavy atom. The van der Waals surface area contributed by atoms with E-state index in [0.29, 0.717) is 11.5 Å². The van der Waals surface area contributed by atoms with Crippen LogP contribution in [0.15, 0.2) is 52.4 Å². The third-order valence-electron chi connectivity index (χ3n) is 4.60. The maximum Gasteiger partial charge on any atom is 0.262 e. The molecule has 2 heterocycles. The summed E-state index contributed by atoms with van der Waals surface area (Å²) in [6.45, 7) is 1.67. The maximum atomic E-state index is 12.8. The second kappa shape index (κ2) is 8.06. The van der Waals surface area contributed by atoms with Crippen molar-refractivity contribution in [3.8, 4) is 0 Å². The highest BCUT2D eigenvalue weighted by Crippen LogP contribution is 2.28. The van der Waals surface area contributed by atoms with E-state index in [4.69, 9.17) is 0 Å². The van der Waals surface area contributed by atoms with Crippen LogP contribution in [0.1, 0.15) is 19.3 Å². The summed E-state index contributed by atoms with van der Waals surface area (Å²) >= 11 is 0. The number of nitrogens with one attached hydrogen (secondary N) is 1. The van der Waals surface area contributed by atoms with Crippen molar-refractivity contribution >= 4 is 31.6 Å². The first-order chi connectivity index (χ1) is 13.2. The summed E-state index contributed by atoms with van der Waals surface area (Å²) in [5, 5.41) is 0. The van der Waals surface area contributed by atoms with E-state index in [1.165, 1.54) is 38.4 Å². The van der Waals surface area contributed by atoms with Gasteiger partial charge in [0.2, 0.25) is 10.0 Å². The summed E-state index contributed by atoms with van der Waals surface area (Å²) in [4.78, 5) is 6.46. The summed E-state index contributed by atoms with van der Waals surface area (Å²) < 4.78 is 53.6. The van der Waals surface area contributed by atoms with Crippen LogP contribution < -0.4 is 9.62 Å². The second-order valence-corrected chi connectivity index (χ2v) is 10.6. The van der Waals surface area contributed by atoms with Crippen LogP contribution in [-0.4, -0.2) is 53.3 Å². The number of pyridine rings is 1. The minimum Gasteiger partial charge on any atom is -0.355 e. The van der Waals surface area contributed by atoms with E-state index in [0.717, 1.165) is 36.7 Å². The molecule has 3 rings (SSSR count). The van der Waals surface area contributed by atoms with Crippen LogP contribution in [0.3, 0.4) is 0 Å². The Kier molecular flexibility index (Phi) is 5.92. The minimum absolute atomic E-state index is 0.0151. The van der Waals surface area contributed by atoms with Gasteiger partial charge in [-0.15, -0.1) is 0 Å². The predicted molar refractivity (Wildman–Crippen MR) is 108 cm³/mol. The molecule has 0 atom stereocenters. The number of hydrogen-bond acceptors (Lipinski definition) is 6. The molecule has 1 aromatic carbocycles. The van der Waals surface area contributed by atoms with Gasteiger partial charge in [-0.2, -0.15) is 0 Å². The van der Waals surface area contributed by atoms with Crippen molar-refractivity contribution in [1.29, 1.82) is 0 Å². The quantitative estimate of drug-likeness (QED) is 0.763. The number of hydrogen-bond donors (Lipinski definition) is 1. The lowest BCUT2D eigenvalue weighted by Crippen LogP contribution is -2.31. The van der Waals surface area contributed by atoms with Gasteiger partial charge in [0, 0.05) is 33.4 Å². The number of benzene rings is 1. The number of rotatable bonds is 6. The van der Waals surface area contributed by atoms with Crippen molar-refractivity contribution in [1.82, 2.24) is 9.29 Å². The van der Waals surface area contributed by atoms with E-state index in [-0.39, 0.29) is 9.79 Å². The summed E-state index contributed by atoms with van der Waals surface area (Å²) in [6, 6.07) is 8.51. The second-order valence-electron chi connectivity index (χ2n) is 6.79. The lowest BCUT2D eigenvalue weighted by Gasteiger charge is -2.29. The third kappa shape index (κ3) is 4.29. The molecule has 10 heteroatoms. The third-order valence-corrected chi connectivity index (χ3v) is 7.81. The number of piperidine rings is 1. The zero-order chi connectivity index (χ0) is 20.4. The van der Waals surface area contributed by atoms with Gasteiger partial charge >= 0.3 is 0 Å². The molecular formula is C18H24N4O4S2. The molecule has 0 bridgehead atoms. The lowest BCUT2D eigenvalue weighted by atomic mass is 10.1. The Morgan fingerprint density at radius 2 is 1.54 bits per heavy atom. The molecule has 8 nitrogen and oxygen atoms in total.